The molecule has 1 fully saturated rings. The van der Waals surface area contributed by atoms with Crippen LogP contribution in [0.2, 0.25) is 0 Å². The van der Waals surface area contributed by atoms with E-state index in [1.165, 1.54) is 23.8 Å². The molecule has 1 N–H and O–H groups in total. The third-order valence-corrected chi connectivity index (χ3v) is 4.67. The van der Waals surface area contributed by atoms with Crippen molar-refractivity contribution in [2.45, 2.75) is 31.3 Å². The van der Waals surface area contributed by atoms with E-state index in [4.69, 9.17) is 4.74 Å². The third kappa shape index (κ3) is 3.34. The van der Waals surface area contributed by atoms with Gasteiger partial charge in [-0.2, -0.15) is 0 Å². The standard InChI is InChI=1S/C14H20N4O4S/c1-7(2)6-18-9-10(17(4)13(21)16-11(9)19)15-14(18)23-8(3)12(20)22-5/h8-10H,1,6H2,2-5H3,(H,16,19,21). The van der Waals surface area contributed by atoms with Gasteiger partial charge in [0.1, 0.15) is 5.25 Å². The summed E-state index contributed by atoms with van der Waals surface area (Å²) < 4.78 is 4.72. The molecule has 2 heterocycles. The van der Waals surface area contributed by atoms with Gasteiger partial charge >= 0.3 is 12.0 Å². The molecular formula is C14H20N4O4S. The number of thioether (sulfide) groups is 1. The van der Waals surface area contributed by atoms with Crippen LogP contribution in [0.3, 0.4) is 0 Å². The molecule has 0 spiro atoms. The first kappa shape index (κ1) is 17.3. The summed E-state index contributed by atoms with van der Waals surface area (Å²) >= 11 is 1.20. The SMILES string of the molecule is C=C(C)CN1C(SC(C)C(=O)OC)=NC2C1C(=O)NC(=O)N2C. The van der Waals surface area contributed by atoms with Crippen LogP contribution in [-0.2, 0) is 14.3 Å². The largest absolute Gasteiger partial charge is 0.468 e. The van der Waals surface area contributed by atoms with Crippen LogP contribution >= 0.6 is 11.8 Å². The Morgan fingerprint density at radius 1 is 1.52 bits per heavy atom. The molecule has 3 amide bonds. The molecule has 3 unspecified atom stereocenters. The molecule has 2 aliphatic rings. The van der Waals surface area contributed by atoms with Gasteiger partial charge in [-0.25, -0.2) is 9.79 Å². The molecule has 0 aromatic heterocycles. The van der Waals surface area contributed by atoms with Gasteiger partial charge in [0, 0.05) is 13.6 Å². The molecule has 0 aliphatic carbocycles. The van der Waals surface area contributed by atoms with Crippen molar-refractivity contribution in [2.24, 2.45) is 4.99 Å². The lowest BCUT2D eigenvalue weighted by Gasteiger charge is -2.36. The number of urea groups is 1. The molecule has 0 bridgehead atoms. The van der Waals surface area contributed by atoms with Crippen LogP contribution < -0.4 is 5.32 Å². The first-order valence-electron chi connectivity index (χ1n) is 7.07. The van der Waals surface area contributed by atoms with Crippen LogP contribution in [0.5, 0.6) is 0 Å². The van der Waals surface area contributed by atoms with E-state index in [1.807, 2.05) is 6.92 Å². The number of nitrogens with zero attached hydrogens (tertiary/aromatic N) is 3. The van der Waals surface area contributed by atoms with E-state index in [9.17, 15) is 14.4 Å². The van der Waals surface area contributed by atoms with Crippen molar-refractivity contribution in [2.75, 3.05) is 20.7 Å². The van der Waals surface area contributed by atoms with Crippen LogP contribution in [0.1, 0.15) is 13.8 Å². The summed E-state index contributed by atoms with van der Waals surface area (Å²) in [5, 5.41) is 2.36. The number of esters is 1. The van der Waals surface area contributed by atoms with Gasteiger partial charge in [0.05, 0.1) is 7.11 Å². The number of aliphatic imine (C=N–C) groups is 1. The predicted octanol–water partition coefficient (Wildman–Crippen LogP) is 0.405. The Labute approximate surface area is 138 Å². The molecule has 2 rings (SSSR count). The minimum atomic E-state index is -0.623. The Balaban J connectivity index is 2.30. The zero-order chi connectivity index (χ0) is 17.3. The number of hydrogen-bond acceptors (Lipinski definition) is 7. The molecule has 3 atom stereocenters. The maximum Gasteiger partial charge on any atom is 0.325 e. The topological polar surface area (TPSA) is 91.3 Å². The summed E-state index contributed by atoms with van der Waals surface area (Å²) in [6, 6.07) is -1.11. The van der Waals surface area contributed by atoms with E-state index >= 15 is 0 Å². The Hall–Kier alpha value is -2.03. The number of fused-ring (bicyclic) bond motifs is 1. The lowest BCUT2D eigenvalue weighted by atomic mass is 10.1. The number of likely N-dealkylation sites (N-methyl/N-ethyl adjacent to an activating group) is 1. The summed E-state index contributed by atoms with van der Waals surface area (Å²) in [6.07, 6.45) is -0.608. The van der Waals surface area contributed by atoms with Gasteiger partial charge in [-0.05, 0) is 13.8 Å². The smallest absolute Gasteiger partial charge is 0.325 e. The summed E-state index contributed by atoms with van der Waals surface area (Å²) in [5.41, 5.74) is 0.844. The summed E-state index contributed by atoms with van der Waals surface area (Å²) in [4.78, 5) is 43.3. The summed E-state index contributed by atoms with van der Waals surface area (Å²) in [7, 11) is 2.90. The highest BCUT2D eigenvalue weighted by Crippen LogP contribution is 2.30. The minimum Gasteiger partial charge on any atom is -0.468 e. The van der Waals surface area contributed by atoms with Crippen LogP contribution in [0.15, 0.2) is 17.1 Å². The maximum atomic E-state index is 12.2. The van der Waals surface area contributed by atoms with Crippen molar-refractivity contribution in [3.63, 3.8) is 0 Å². The zero-order valence-electron chi connectivity index (χ0n) is 13.5. The second kappa shape index (κ2) is 6.61. The maximum absolute atomic E-state index is 12.2. The van der Waals surface area contributed by atoms with E-state index < -0.39 is 29.4 Å². The molecule has 0 radical (unpaired) electrons. The van der Waals surface area contributed by atoms with Crippen LogP contribution in [0.25, 0.3) is 0 Å². The van der Waals surface area contributed by atoms with E-state index in [2.05, 4.69) is 16.9 Å². The molecular weight excluding hydrogens is 320 g/mol. The molecule has 0 saturated carbocycles. The number of nitrogens with one attached hydrogen (secondary N) is 1. The van der Waals surface area contributed by atoms with E-state index in [-0.39, 0.29) is 5.97 Å². The Morgan fingerprint density at radius 2 is 2.17 bits per heavy atom. The van der Waals surface area contributed by atoms with Crippen molar-refractivity contribution >= 4 is 34.8 Å². The highest BCUT2D eigenvalue weighted by atomic mass is 32.2. The number of amidine groups is 1. The van der Waals surface area contributed by atoms with Crippen molar-refractivity contribution in [1.29, 1.82) is 0 Å². The fourth-order valence-electron chi connectivity index (χ4n) is 2.43. The first-order valence-corrected chi connectivity index (χ1v) is 7.95. The number of hydrogen-bond donors (Lipinski definition) is 1. The number of imide groups is 1. The average molecular weight is 340 g/mol. The monoisotopic (exact) mass is 340 g/mol. The molecule has 1 saturated heterocycles. The predicted molar refractivity (Wildman–Crippen MR) is 86.9 cm³/mol. The van der Waals surface area contributed by atoms with E-state index in [0.717, 1.165) is 5.57 Å². The molecule has 23 heavy (non-hydrogen) atoms. The highest BCUT2D eigenvalue weighted by Gasteiger charge is 2.48. The van der Waals surface area contributed by atoms with Crippen LogP contribution in [0, 0.1) is 0 Å². The van der Waals surface area contributed by atoms with Crippen molar-refractivity contribution in [3.8, 4) is 0 Å². The Bertz CT molecular complexity index is 591. The summed E-state index contributed by atoms with van der Waals surface area (Å²) in [6.45, 7) is 7.83. The summed E-state index contributed by atoms with van der Waals surface area (Å²) in [5.74, 6) is -0.777. The fourth-order valence-corrected chi connectivity index (χ4v) is 3.42. The molecule has 0 aromatic carbocycles. The normalized spacial score (nSPS) is 24.8. The fraction of sp³-hybridized carbons (Fsp3) is 0.571. The lowest BCUT2D eigenvalue weighted by molar-refractivity contribution is -0.139. The number of rotatable bonds is 4. The lowest BCUT2D eigenvalue weighted by Crippen LogP contribution is -2.63. The molecule has 2 aliphatic heterocycles. The Kier molecular flexibility index (Phi) is 4.98. The third-order valence-electron chi connectivity index (χ3n) is 3.58. The van der Waals surface area contributed by atoms with Gasteiger partial charge in [-0.3, -0.25) is 14.9 Å². The Morgan fingerprint density at radius 3 is 2.74 bits per heavy atom. The number of methoxy groups -OCH3 is 1. The average Bonchev–Trinajstić information content (AvgIpc) is 2.82. The van der Waals surface area contributed by atoms with Crippen LogP contribution in [0.4, 0.5) is 4.79 Å². The van der Waals surface area contributed by atoms with Gasteiger partial charge in [0.2, 0.25) is 0 Å². The quantitative estimate of drug-likeness (QED) is 0.589. The van der Waals surface area contributed by atoms with Gasteiger partial charge in [-0.15, -0.1) is 0 Å². The zero-order valence-corrected chi connectivity index (χ0v) is 14.3. The molecule has 9 heteroatoms. The number of carbonyl (C=O) groups excluding carboxylic acids is 3. The van der Waals surface area contributed by atoms with Gasteiger partial charge < -0.3 is 14.5 Å². The second-order valence-electron chi connectivity index (χ2n) is 5.54. The van der Waals surface area contributed by atoms with Crippen molar-refractivity contribution in [1.82, 2.24) is 15.1 Å². The molecule has 126 valence electrons. The first-order chi connectivity index (χ1) is 10.8. The van der Waals surface area contributed by atoms with Gasteiger partial charge in [0.15, 0.2) is 17.4 Å². The minimum absolute atomic E-state index is 0.378. The van der Waals surface area contributed by atoms with Gasteiger partial charge in [-0.1, -0.05) is 23.9 Å². The molecule has 8 nitrogen and oxygen atoms in total. The van der Waals surface area contributed by atoms with Crippen molar-refractivity contribution < 1.29 is 19.1 Å². The van der Waals surface area contributed by atoms with Crippen molar-refractivity contribution in [3.05, 3.63) is 12.2 Å². The van der Waals surface area contributed by atoms with E-state index in [0.29, 0.717) is 11.7 Å². The van der Waals surface area contributed by atoms with Crippen LogP contribution in [-0.4, -0.2) is 71.0 Å². The number of carbonyl (C=O) groups is 3. The number of ether oxygens (including phenoxy) is 1. The highest BCUT2D eigenvalue weighted by molar-refractivity contribution is 8.14. The number of amides is 3. The van der Waals surface area contributed by atoms with Gasteiger partial charge in [0.25, 0.3) is 5.91 Å². The molecule has 0 aromatic rings. The van der Waals surface area contributed by atoms with E-state index in [1.54, 1.807) is 18.9 Å². The second-order valence-corrected chi connectivity index (χ2v) is 6.85.